The average Bonchev–Trinajstić information content (AvgIpc) is 3.19. The van der Waals surface area contributed by atoms with Crippen molar-refractivity contribution in [2.75, 3.05) is 39.3 Å². The summed E-state index contributed by atoms with van der Waals surface area (Å²) < 4.78 is 16.5. The van der Waals surface area contributed by atoms with Crippen LogP contribution in [0.5, 0.6) is 11.5 Å². The van der Waals surface area contributed by atoms with Crippen LogP contribution in [0, 0.1) is 0 Å². The smallest absolute Gasteiger partial charge is 0.160 e. The number of anilines is 1. The predicted octanol–water partition coefficient (Wildman–Crippen LogP) is 3.92. The van der Waals surface area contributed by atoms with Crippen molar-refractivity contribution >= 4 is 5.82 Å². The third-order valence-electron chi connectivity index (χ3n) is 5.96. The molecular weight excluding hydrogens is 366 g/mol. The van der Waals surface area contributed by atoms with Crippen molar-refractivity contribution in [1.29, 1.82) is 0 Å². The lowest BCUT2D eigenvalue weighted by molar-refractivity contribution is 0.146. The minimum Gasteiger partial charge on any atom is -0.493 e. The van der Waals surface area contributed by atoms with Gasteiger partial charge < -0.3 is 19.5 Å². The molecule has 0 radical (unpaired) electrons. The van der Waals surface area contributed by atoms with Gasteiger partial charge in [-0.3, -0.25) is 0 Å². The molecule has 2 heterocycles. The molecule has 1 aliphatic heterocycles. The Labute approximate surface area is 173 Å². The van der Waals surface area contributed by atoms with Gasteiger partial charge >= 0.3 is 0 Å². The van der Waals surface area contributed by atoms with Gasteiger partial charge in [-0.05, 0) is 37.0 Å². The molecule has 1 N–H and O–H groups in total. The summed E-state index contributed by atoms with van der Waals surface area (Å²) in [5.41, 5.74) is 3.61. The van der Waals surface area contributed by atoms with Crippen LogP contribution in [0.4, 0.5) is 5.82 Å². The number of ether oxygens (including phenoxy) is 3. The first-order valence-corrected chi connectivity index (χ1v) is 10.7. The molecule has 29 heavy (non-hydrogen) atoms. The van der Waals surface area contributed by atoms with Crippen molar-refractivity contribution in [2.24, 2.45) is 0 Å². The molecule has 6 nitrogen and oxygen atoms in total. The predicted molar refractivity (Wildman–Crippen MR) is 113 cm³/mol. The van der Waals surface area contributed by atoms with Crippen LogP contribution in [0.15, 0.2) is 18.2 Å². The quantitative estimate of drug-likeness (QED) is 0.764. The zero-order valence-corrected chi connectivity index (χ0v) is 17.5. The van der Waals surface area contributed by atoms with E-state index in [4.69, 9.17) is 24.2 Å². The molecule has 2 aliphatic rings. The fraction of sp³-hybridized carbons (Fsp3) is 0.565. The van der Waals surface area contributed by atoms with Crippen molar-refractivity contribution in [3.8, 4) is 11.5 Å². The molecule has 1 aromatic heterocycles. The molecule has 0 atom stereocenters. The maximum Gasteiger partial charge on any atom is 0.160 e. The van der Waals surface area contributed by atoms with Gasteiger partial charge in [0.05, 0.1) is 33.1 Å². The van der Waals surface area contributed by atoms with Gasteiger partial charge in [0, 0.05) is 30.9 Å². The van der Waals surface area contributed by atoms with E-state index in [2.05, 4.69) is 11.4 Å². The lowest BCUT2D eigenvalue weighted by Crippen LogP contribution is -2.15. The Balaban J connectivity index is 1.50. The maximum absolute atomic E-state index is 5.70. The van der Waals surface area contributed by atoms with Crippen molar-refractivity contribution in [3.05, 3.63) is 40.8 Å². The largest absolute Gasteiger partial charge is 0.493 e. The summed E-state index contributed by atoms with van der Waals surface area (Å²) in [5.74, 6) is 4.06. The number of benzene rings is 1. The van der Waals surface area contributed by atoms with E-state index in [0.717, 1.165) is 62.2 Å². The second kappa shape index (κ2) is 9.44. The highest BCUT2D eigenvalue weighted by Gasteiger charge is 2.24. The van der Waals surface area contributed by atoms with E-state index in [1.165, 1.54) is 42.5 Å². The number of rotatable bonds is 7. The van der Waals surface area contributed by atoms with E-state index in [9.17, 15) is 0 Å². The second-order valence-electron chi connectivity index (χ2n) is 7.82. The van der Waals surface area contributed by atoms with Crippen LogP contribution in [0.2, 0.25) is 0 Å². The van der Waals surface area contributed by atoms with Crippen LogP contribution < -0.4 is 14.8 Å². The monoisotopic (exact) mass is 397 g/mol. The van der Waals surface area contributed by atoms with Gasteiger partial charge in [-0.15, -0.1) is 0 Å². The molecule has 4 rings (SSSR count). The number of hydrogen-bond donors (Lipinski definition) is 1. The zero-order valence-electron chi connectivity index (χ0n) is 17.5. The van der Waals surface area contributed by atoms with Crippen LogP contribution in [-0.4, -0.2) is 43.9 Å². The molecule has 1 fully saturated rings. The van der Waals surface area contributed by atoms with Gasteiger partial charge in [0.15, 0.2) is 11.5 Å². The topological polar surface area (TPSA) is 65.5 Å². The van der Waals surface area contributed by atoms with Gasteiger partial charge in [-0.2, -0.15) is 0 Å². The number of nitrogens with one attached hydrogen (secondary N) is 1. The molecule has 1 aromatic carbocycles. The molecular formula is C23H31N3O3. The summed E-state index contributed by atoms with van der Waals surface area (Å²) in [6.07, 6.45) is 7.63. The SMILES string of the molecule is COc1ccc(CCNc2nc(C3CCCC3)nc3c2CCOCC3)cc1OC. The van der Waals surface area contributed by atoms with Crippen LogP contribution in [0.3, 0.4) is 0 Å². The summed E-state index contributed by atoms with van der Waals surface area (Å²) in [6, 6.07) is 6.08. The molecule has 0 spiro atoms. The molecule has 1 saturated carbocycles. The van der Waals surface area contributed by atoms with Crippen LogP contribution in [0.25, 0.3) is 0 Å². The summed E-state index contributed by atoms with van der Waals surface area (Å²) in [7, 11) is 3.33. The Kier molecular flexibility index (Phi) is 6.49. The molecule has 156 valence electrons. The van der Waals surface area contributed by atoms with Gasteiger partial charge in [-0.1, -0.05) is 18.9 Å². The number of nitrogens with zero attached hydrogens (tertiary/aromatic N) is 2. The van der Waals surface area contributed by atoms with Gasteiger partial charge in [0.1, 0.15) is 11.6 Å². The first kappa shape index (κ1) is 20.0. The third kappa shape index (κ3) is 4.64. The number of methoxy groups -OCH3 is 2. The standard InChI is InChI=1S/C23H31N3O3/c1-27-20-8-7-16(15-21(20)28-2)9-12-24-23-18-10-13-29-14-11-19(18)25-22(26-23)17-5-3-4-6-17/h7-8,15,17H,3-6,9-14H2,1-2H3,(H,24,25,26). The molecule has 2 aromatic rings. The fourth-order valence-corrected chi connectivity index (χ4v) is 4.34. The summed E-state index contributed by atoms with van der Waals surface area (Å²) in [6.45, 7) is 2.30. The zero-order chi connectivity index (χ0) is 20.1. The summed E-state index contributed by atoms with van der Waals surface area (Å²) >= 11 is 0. The highest BCUT2D eigenvalue weighted by molar-refractivity contribution is 5.48. The minimum atomic E-state index is 0.510. The minimum absolute atomic E-state index is 0.510. The summed E-state index contributed by atoms with van der Waals surface area (Å²) in [4.78, 5) is 9.94. The highest BCUT2D eigenvalue weighted by Crippen LogP contribution is 2.34. The molecule has 0 bridgehead atoms. The van der Waals surface area contributed by atoms with Crippen molar-refractivity contribution in [3.63, 3.8) is 0 Å². The van der Waals surface area contributed by atoms with E-state index >= 15 is 0 Å². The Bertz CT molecular complexity index is 834. The normalized spacial score (nSPS) is 16.9. The Morgan fingerprint density at radius 2 is 1.83 bits per heavy atom. The van der Waals surface area contributed by atoms with E-state index in [1.54, 1.807) is 14.2 Å². The third-order valence-corrected chi connectivity index (χ3v) is 5.96. The van der Waals surface area contributed by atoms with Gasteiger partial charge in [0.2, 0.25) is 0 Å². The first-order chi connectivity index (χ1) is 14.3. The van der Waals surface area contributed by atoms with Gasteiger partial charge in [0.25, 0.3) is 0 Å². The average molecular weight is 398 g/mol. The summed E-state index contributed by atoms with van der Waals surface area (Å²) in [5, 5.41) is 3.60. The van der Waals surface area contributed by atoms with Crippen molar-refractivity contribution in [2.45, 2.75) is 50.9 Å². The van der Waals surface area contributed by atoms with E-state index in [-0.39, 0.29) is 0 Å². The van der Waals surface area contributed by atoms with E-state index in [0.29, 0.717) is 5.92 Å². The number of hydrogen-bond acceptors (Lipinski definition) is 6. The molecule has 0 saturated heterocycles. The Morgan fingerprint density at radius 1 is 1.03 bits per heavy atom. The van der Waals surface area contributed by atoms with Crippen LogP contribution in [0.1, 0.15) is 54.2 Å². The van der Waals surface area contributed by atoms with Crippen molar-refractivity contribution in [1.82, 2.24) is 9.97 Å². The highest BCUT2D eigenvalue weighted by atomic mass is 16.5. The number of aromatic nitrogens is 2. The second-order valence-corrected chi connectivity index (χ2v) is 7.82. The molecule has 0 unspecified atom stereocenters. The van der Waals surface area contributed by atoms with Crippen molar-refractivity contribution < 1.29 is 14.2 Å². The maximum atomic E-state index is 5.70. The Hall–Kier alpha value is -2.34. The lowest BCUT2D eigenvalue weighted by atomic mass is 10.0. The van der Waals surface area contributed by atoms with E-state index in [1.807, 2.05) is 12.1 Å². The molecule has 1 aliphatic carbocycles. The van der Waals surface area contributed by atoms with Gasteiger partial charge in [-0.25, -0.2) is 9.97 Å². The lowest BCUT2D eigenvalue weighted by Gasteiger charge is -2.17. The first-order valence-electron chi connectivity index (χ1n) is 10.7. The van der Waals surface area contributed by atoms with Crippen LogP contribution in [-0.2, 0) is 24.0 Å². The number of fused-ring (bicyclic) bond motifs is 1. The van der Waals surface area contributed by atoms with E-state index < -0.39 is 0 Å². The Morgan fingerprint density at radius 3 is 2.62 bits per heavy atom. The molecule has 6 heteroatoms. The molecule has 0 amide bonds. The van der Waals surface area contributed by atoms with Crippen LogP contribution >= 0.6 is 0 Å². The fourth-order valence-electron chi connectivity index (χ4n) is 4.34.